The Hall–Kier alpha value is -1.13. The second kappa shape index (κ2) is 5.88. The number of nitrogens with two attached hydrogens (primary N) is 2. The van der Waals surface area contributed by atoms with Gasteiger partial charge in [0.15, 0.2) is 0 Å². The van der Waals surface area contributed by atoms with Gasteiger partial charge in [0, 0.05) is 23.7 Å². The highest BCUT2D eigenvalue weighted by Crippen LogP contribution is 2.29. The van der Waals surface area contributed by atoms with E-state index in [1.165, 1.54) is 18.2 Å². The minimum atomic E-state index is -4.29. The summed E-state index contributed by atoms with van der Waals surface area (Å²) in [6.07, 6.45) is 0. The minimum Gasteiger partial charge on any atom is -0.399 e. The Morgan fingerprint density at radius 3 is 2.42 bits per heavy atom. The zero-order valence-electron chi connectivity index (χ0n) is 9.57. The van der Waals surface area contributed by atoms with Gasteiger partial charge in [-0.05, 0) is 30.0 Å². The van der Waals surface area contributed by atoms with Gasteiger partial charge in [-0.1, -0.05) is 0 Å². The molecule has 0 atom stereocenters. The monoisotopic (exact) mass is 315 g/mol. The lowest BCUT2D eigenvalue weighted by molar-refractivity contribution is -0.0327. The average molecular weight is 315 g/mol. The Labute approximate surface area is 112 Å². The molecule has 0 spiro atoms. The second-order valence-corrected chi connectivity index (χ2v) is 6.28. The number of nitrogen functional groups attached to an aromatic ring is 1. The fourth-order valence-electron chi connectivity index (χ4n) is 1.25. The van der Waals surface area contributed by atoms with Gasteiger partial charge in [-0.25, -0.2) is 13.6 Å². The lowest BCUT2D eigenvalue weighted by Crippen LogP contribution is -2.14. The van der Waals surface area contributed by atoms with Crippen molar-refractivity contribution in [2.24, 2.45) is 5.14 Å². The maximum Gasteiger partial charge on any atom is 0.441 e. The largest absolute Gasteiger partial charge is 0.441 e. The Balaban J connectivity index is 2.67. The molecule has 10 heteroatoms. The molecule has 0 saturated carbocycles. The summed E-state index contributed by atoms with van der Waals surface area (Å²) in [5.74, 6) is -0.205. The molecule has 0 aliphatic carbocycles. The number of rotatable bonds is 5. The van der Waals surface area contributed by atoms with Gasteiger partial charge in [0.1, 0.15) is 0 Å². The smallest absolute Gasteiger partial charge is 0.399 e. The van der Waals surface area contributed by atoms with Crippen molar-refractivity contribution in [2.75, 3.05) is 23.3 Å². The summed E-state index contributed by atoms with van der Waals surface area (Å²) in [7, 11) is -3.91. The second-order valence-electron chi connectivity index (χ2n) is 3.56. The number of hydrogen-bond donors (Lipinski definition) is 3. The highest BCUT2D eigenvalue weighted by Gasteiger charge is 2.27. The number of sulfonamides is 1. The molecule has 1 aromatic carbocycles. The molecule has 0 aliphatic heterocycles. The molecule has 0 fully saturated rings. The number of halogens is 3. The first kappa shape index (κ1) is 15.9. The zero-order valence-corrected chi connectivity index (χ0v) is 11.2. The van der Waals surface area contributed by atoms with Gasteiger partial charge in [0.2, 0.25) is 10.0 Å². The number of hydrogen-bond acceptors (Lipinski definition) is 5. The quantitative estimate of drug-likeness (QED) is 0.566. The summed E-state index contributed by atoms with van der Waals surface area (Å²) in [6.45, 7) is 0.0116. The van der Waals surface area contributed by atoms with Gasteiger partial charge < -0.3 is 11.1 Å². The van der Waals surface area contributed by atoms with Crippen molar-refractivity contribution >= 4 is 33.2 Å². The maximum atomic E-state index is 11.9. The SMILES string of the molecule is Nc1cc(NCCSC(F)(F)F)cc(S(N)(=O)=O)c1. The molecule has 5 nitrogen and oxygen atoms in total. The molecule has 1 aromatic rings. The molecule has 1 rings (SSSR count). The molecular formula is C9H12F3N3O2S2. The van der Waals surface area contributed by atoms with Crippen molar-refractivity contribution in [3.05, 3.63) is 18.2 Å². The van der Waals surface area contributed by atoms with Crippen LogP contribution in [-0.4, -0.2) is 26.2 Å². The van der Waals surface area contributed by atoms with Gasteiger partial charge in [-0.3, -0.25) is 0 Å². The number of alkyl halides is 3. The van der Waals surface area contributed by atoms with E-state index in [0.717, 1.165) is 0 Å². The third-order valence-corrected chi connectivity index (χ3v) is 3.58. The van der Waals surface area contributed by atoms with Gasteiger partial charge in [-0.15, -0.1) is 0 Å². The van der Waals surface area contributed by atoms with Crippen molar-refractivity contribution in [2.45, 2.75) is 10.4 Å². The number of primary sulfonamides is 1. The van der Waals surface area contributed by atoms with E-state index in [0.29, 0.717) is 5.69 Å². The van der Waals surface area contributed by atoms with Crippen LogP contribution >= 0.6 is 11.8 Å². The van der Waals surface area contributed by atoms with Crippen LogP contribution in [0.25, 0.3) is 0 Å². The van der Waals surface area contributed by atoms with Crippen molar-refractivity contribution in [1.82, 2.24) is 0 Å². The lowest BCUT2D eigenvalue weighted by Gasteiger charge is -2.10. The van der Waals surface area contributed by atoms with Crippen molar-refractivity contribution in [3.8, 4) is 0 Å². The molecule has 0 unspecified atom stereocenters. The standard InChI is InChI=1S/C9H12F3N3O2S2/c10-9(11,12)18-2-1-15-7-3-6(13)4-8(5-7)19(14,16)17/h3-5,15H,1-2,13H2,(H2,14,16,17). The summed E-state index contributed by atoms with van der Waals surface area (Å²) >= 11 is -0.170. The Morgan fingerprint density at radius 1 is 1.26 bits per heavy atom. The number of anilines is 2. The Morgan fingerprint density at radius 2 is 1.89 bits per heavy atom. The van der Waals surface area contributed by atoms with Crippen molar-refractivity contribution in [1.29, 1.82) is 0 Å². The van der Waals surface area contributed by atoms with Crippen LogP contribution in [0.3, 0.4) is 0 Å². The zero-order chi connectivity index (χ0) is 14.7. The highest BCUT2D eigenvalue weighted by atomic mass is 32.2. The molecule has 0 saturated heterocycles. The summed E-state index contributed by atoms with van der Waals surface area (Å²) in [6, 6.07) is 3.79. The molecule has 19 heavy (non-hydrogen) atoms. The van der Waals surface area contributed by atoms with Crippen molar-refractivity contribution < 1.29 is 21.6 Å². The third kappa shape index (κ3) is 6.03. The van der Waals surface area contributed by atoms with Crippen LogP contribution in [0.1, 0.15) is 0 Å². The van der Waals surface area contributed by atoms with Gasteiger partial charge in [0.05, 0.1) is 4.90 Å². The first-order valence-electron chi connectivity index (χ1n) is 4.96. The molecule has 0 heterocycles. The first-order valence-corrected chi connectivity index (χ1v) is 7.49. The van der Waals surface area contributed by atoms with Gasteiger partial charge in [0.25, 0.3) is 0 Å². The van der Waals surface area contributed by atoms with Crippen LogP contribution < -0.4 is 16.2 Å². The molecule has 0 amide bonds. The van der Waals surface area contributed by atoms with E-state index in [2.05, 4.69) is 5.32 Å². The van der Waals surface area contributed by atoms with E-state index in [9.17, 15) is 21.6 Å². The van der Waals surface area contributed by atoms with E-state index >= 15 is 0 Å². The van der Waals surface area contributed by atoms with Crippen LogP contribution in [0.15, 0.2) is 23.1 Å². The molecule has 0 bridgehead atoms. The van der Waals surface area contributed by atoms with E-state index < -0.39 is 15.5 Å². The lowest BCUT2D eigenvalue weighted by atomic mass is 10.3. The molecule has 0 aliphatic rings. The van der Waals surface area contributed by atoms with Gasteiger partial charge >= 0.3 is 5.51 Å². The van der Waals surface area contributed by atoms with Crippen LogP contribution in [-0.2, 0) is 10.0 Å². The van der Waals surface area contributed by atoms with E-state index in [1.54, 1.807) is 0 Å². The number of thioether (sulfide) groups is 1. The number of benzene rings is 1. The summed E-state index contributed by atoms with van der Waals surface area (Å²) in [5.41, 5.74) is 1.64. The molecule has 108 valence electrons. The maximum absolute atomic E-state index is 11.9. The average Bonchev–Trinajstić information content (AvgIpc) is 2.21. The third-order valence-electron chi connectivity index (χ3n) is 1.95. The summed E-state index contributed by atoms with van der Waals surface area (Å²) in [4.78, 5) is -0.196. The van der Waals surface area contributed by atoms with Crippen molar-refractivity contribution in [3.63, 3.8) is 0 Å². The van der Waals surface area contributed by atoms with Crippen LogP contribution in [0.5, 0.6) is 0 Å². The van der Waals surface area contributed by atoms with Crippen LogP contribution in [0.4, 0.5) is 24.5 Å². The predicted molar refractivity (Wildman–Crippen MR) is 69.2 cm³/mol. The molecular weight excluding hydrogens is 303 g/mol. The fourth-order valence-corrected chi connectivity index (χ4v) is 2.28. The van der Waals surface area contributed by atoms with E-state index in [4.69, 9.17) is 10.9 Å². The minimum absolute atomic E-state index is 0.0116. The molecule has 0 aromatic heterocycles. The summed E-state index contributed by atoms with van der Waals surface area (Å²) in [5, 5.41) is 7.59. The Bertz CT molecular complexity index is 546. The Kier molecular flexibility index (Phi) is 4.93. The van der Waals surface area contributed by atoms with Crippen LogP contribution in [0, 0.1) is 0 Å². The molecule has 5 N–H and O–H groups in total. The first-order chi connectivity index (χ1) is 8.58. The van der Waals surface area contributed by atoms with E-state index in [-0.39, 0.29) is 34.6 Å². The topological polar surface area (TPSA) is 98.2 Å². The normalized spacial score (nSPS) is 12.4. The van der Waals surface area contributed by atoms with Crippen LogP contribution in [0.2, 0.25) is 0 Å². The molecule has 0 radical (unpaired) electrons. The predicted octanol–water partition coefficient (Wildman–Crippen LogP) is 1.58. The fraction of sp³-hybridized carbons (Fsp3) is 0.333. The highest BCUT2D eigenvalue weighted by molar-refractivity contribution is 8.00. The number of nitrogens with one attached hydrogen (secondary N) is 1. The summed E-state index contributed by atoms with van der Waals surface area (Å²) < 4.78 is 57.9. The van der Waals surface area contributed by atoms with E-state index in [1.807, 2.05) is 0 Å². The van der Waals surface area contributed by atoms with Gasteiger partial charge in [-0.2, -0.15) is 13.2 Å².